The Morgan fingerprint density at radius 2 is 2.12 bits per heavy atom. The van der Waals surface area contributed by atoms with Crippen molar-refractivity contribution in [3.8, 4) is 0 Å². The first-order valence-corrected chi connectivity index (χ1v) is 5.61. The summed E-state index contributed by atoms with van der Waals surface area (Å²) in [7, 11) is 1.37. The summed E-state index contributed by atoms with van der Waals surface area (Å²) in [5.74, 6) is -0.164. The van der Waals surface area contributed by atoms with Gasteiger partial charge in [0.1, 0.15) is 0 Å². The number of amides is 1. The lowest BCUT2D eigenvalue weighted by molar-refractivity contribution is -0.152. The van der Waals surface area contributed by atoms with Crippen molar-refractivity contribution in [3.05, 3.63) is 35.9 Å². The molecule has 2 rings (SSSR count). The summed E-state index contributed by atoms with van der Waals surface area (Å²) in [6.07, 6.45) is 0.733. The first-order valence-electron chi connectivity index (χ1n) is 5.61. The molecular formula is C13H15NO3. The number of hydrogen-bond donors (Lipinski definition) is 0. The lowest BCUT2D eigenvalue weighted by atomic mass is 9.97. The zero-order valence-electron chi connectivity index (χ0n) is 9.76. The smallest absolute Gasteiger partial charge is 0.307 e. The van der Waals surface area contributed by atoms with Crippen molar-refractivity contribution >= 4 is 11.9 Å². The van der Waals surface area contributed by atoms with Crippen LogP contribution >= 0.6 is 0 Å². The van der Waals surface area contributed by atoms with E-state index >= 15 is 0 Å². The number of likely N-dealkylation sites (tertiary alicyclic amines) is 1. The van der Waals surface area contributed by atoms with Gasteiger partial charge in [-0.25, -0.2) is 0 Å². The molecule has 0 radical (unpaired) electrons. The Labute approximate surface area is 100 Å². The molecule has 1 atom stereocenters. The summed E-state index contributed by atoms with van der Waals surface area (Å²) >= 11 is 0. The molecule has 1 saturated heterocycles. The zero-order valence-corrected chi connectivity index (χ0v) is 9.76. The third kappa shape index (κ3) is 2.64. The zero-order chi connectivity index (χ0) is 12.3. The molecule has 4 nitrogen and oxygen atoms in total. The molecule has 1 amide bonds. The van der Waals surface area contributed by atoms with Crippen molar-refractivity contribution in [1.29, 1.82) is 0 Å². The number of esters is 1. The van der Waals surface area contributed by atoms with E-state index in [9.17, 15) is 9.59 Å². The lowest BCUT2D eigenvalue weighted by Gasteiger charge is -2.40. The number of nitrogens with zero attached hydrogens (tertiary/aromatic N) is 1. The molecular weight excluding hydrogens is 218 g/mol. The standard InChI is InChI=1S/C13H15NO3/c1-17-13(16)8-11-7-12(15)14(11)9-10-5-3-2-4-6-10/h2-6,11H,7-9H2,1H3. The highest BCUT2D eigenvalue weighted by Crippen LogP contribution is 2.24. The highest BCUT2D eigenvalue weighted by atomic mass is 16.5. The maximum absolute atomic E-state index is 11.5. The molecule has 1 aromatic carbocycles. The van der Waals surface area contributed by atoms with E-state index in [0.29, 0.717) is 13.0 Å². The van der Waals surface area contributed by atoms with E-state index in [2.05, 4.69) is 4.74 Å². The van der Waals surface area contributed by atoms with Gasteiger partial charge in [-0.15, -0.1) is 0 Å². The van der Waals surface area contributed by atoms with Crippen LogP contribution in [0.25, 0.3) is 0 Å². The summed E-state index contributed by atoms with van der Waals surface area (Å²) in [5.41, 5.74) is 1.08. The molecule has 90 valence electrons. The fourth-order valence-electron chi connectivity index (χ4n) is 1.98. The van der Waals surface area contributed by atoms with Crippen LogP contribution in [0.1, 0.15) is 18.4 Å². The Kier molecular flexibility index (Phi) is 3.42. The maximum atomic E-state index is 11.5. The van der Waals surface area contributed by atoms with E-state index in [0.717, 1.165) is 5.56 Å². The molecule has 1 aliphatic heterocycles. The molecule has 1 unspecified atom stereocenters. The van der Waals surface area contributed by atoms with Crippen molar-refractivity contribution in [2.24, 2.45) is 0 Å². The van der Waals surface area contributed by atoms with E-state index in [1.165, 1.54) is 7.11 Å². The van der Waals surface area contributed by atoms with Gasteiger partial charge in [0.25, 0.3) is 0 Å². The van der Waals surface area contributed by atoms with Crippen LogP contribution in [-0.2, 0) is 20.9 Å². The second-order valence-electron chi connectivity index (χ2n) is 4.15. The predicted molar refractivity (Wildman–Crippen MR) is 62.0 cm³/mol. The molecule has 1 aromatic rings. The minimum atomic E-state index is -0.263. The minimum absolute atomic E-state index is 0.00449. The highest BCUT2D eigenvalue weighted by Gasteiger charge is 2.37. The van der Waals surface area contributed by atoms with Crippen molar-refractivity contribution in [1.82, 2.24) is 4.90 Å². The minimum Gasteiger partial charge on any atom is -0.469 e. The van der Waals surface area contributed by atoms with E-state index in [-0.39, 0.29) is 24.3 Å². The van der Waals surface area contributed by atoms with Gasteiger partial charge in [-0.3, -0.25) is 9.59 Å². The molecule has 0 aliphatic carbocycles. The lowest BCUT2D eigenvalue weighted by Crippen LogP contribution is -2.52. The largest absolute Gasteiger partial charge is 0.469 e. The first kappa shape index (κ1) is 11.6. The monoisotopic (exact) mass is 233 g/mol. The molecule has 1 heterocycles. The van der Waals surface area contributed by atoms with E-state index < -0.39 is 0 Å². The molecule has 0 saturated carbocycles. The van der Waals surface area contributed by atoms with Crippen molar-refractivity contribution in [2.45, 2.75) is 25.4 Å². The van der Waals surface area contributed by atoms with Gasteiger partial charge in [-0.2, -0.15) is 0 Å². The SMILES string of the molecule is COC(=O)CC1CC(=O)N1Cc1ccccc1. The van der Waals surface area contributed by atoms with E-state index in [4.69, 9.17) is 0 Å². The average molecular weight is 233 g/mol. The van der Waals surface area contributed by atoms with Crippen LogP contribution in [-0.4, -0.2) is 29.9 Å². The third-order valence-corrected chi connectivity index (χ3v) is 3.00. The van der Waals surface area contributed by atoms with Crippen LogP contribution in [0.15, 0.2) is 30.3 Å². The topological polar surface area (TPSA) is 46.6 Å². The summed E-state index contributed by atoms with van der Waals surface area (Å²) in [4.78, 5) is 24.4. The second kappa shape index (κ2) is 4.99. The van der Waals surface area contributed by atoms with Crippen LogP contribution in [0.2, 0.25) is 0 Å². The Morgan fingerprint density at radius 3 is 2.71 bits per heavy atom. The maximum Gasteiger partial charge on any atom is 0.307 e. The van der Waals surface area contributed by atoms with Crippen molar-refractivity contribution < 1.29 is 14.3 Å². The number of β-lactam (4-membered cyclic amide) rings is 1. The summed E-state index contributed by atoms with van der Waals surface area (Å²) in [6.45, 7) is 0.571. The van der Waals surface area contributed by atoms with Gasteiger partial charge in [0.05, 0.1) is 19.6 Å². The molecule has 0 bridgehead atoms. The van der Waals surface area contributed by atoms with Crippen LogP contribution in [0.5, 0.6) is 0 Å². The summed E-state index contributed by atoms with van der Waals surface area (Å²) in [6, 6.07) is 9.76. The van der Waals surface area contributed by atoms with Gasteiger partial charge >= 0.3 is 5.97 Å². The summed E-state index contributed by atoms with van der Waals surface area (Å²) < 4.78 is 4.61. The number of hydrogen-bond acceptors (Lipinski definition) is 3. The fraction of sp³-hybridized carbons (Fsp3) is 0.385. The Morgan fingerprint density at radius 1 is 1.41 bits per heavy atom. The van der Waals surface area contributed by atoms with Gasteiger partial charge in [0.15, 0.2) is 0 Å². The predicted octanol–water partition coefficient (Wildman–Crippen LogP) is 1.35. The molecule has 0 N–H and O–H groups in total. The summed E-state index contributed by atoms with van der Waals surface area (Å²) in [5, 5.41) is 0. The normalized spacial score (nSPS) is 18.8. The molecule has 4 heteroatoms. The van der Waals surface area contributed by atoms with Crippen LogP contribution < -0.4 is 0 Å². The number of methoxy groups -OCH3 is 1. The Bertz CT molecular complexity index is 416. The number of rotatable bonds is 4. The van der Waals surface area contributed by atoms with Crippen LogP contribution in [0.3, 0.4) is 0 Å². The van der Waals surface area contributed by atoms with Crippen LogP contribution in [0.4, 0.5) is 0 Å². The van der Waals surface area contributed by atoms with Crippen LogP contribution in [0, 0.1) is 0 Å². The number of carbonyl (C=O) groups excluding carboxylic acids is 2. The number of ether oxygens (including phenoxy) is 1. The second-order valence-corrected chi connectivity index (χ2v) is 4.15. The van der Waals surface area contributed by atoms with Crippen molar-refractivity contribution in [3.63, 3.8) is 0 Å². The van der Waals surface area contributed by atoms with Gasteiger partial charge in [-0.1, -0.05) is 30.3 Å². The van der Waals surface area contributed by atoms with Gasteiger partial charge < -0.3 is 9.64 Å². The average Bonchev–Trinajstić information content (AvgIpc) is 2.36. The molecule has 0 spiro atoms. The first-order chi connectivity index (χ1) is 8.20. The highest BCUT2D eigenvalue weighted by molar-refractivity contribution is 5.85. The van der Waals surface area contributed by atoms with E-state index in [1.807, 2.05) is 30.3 Å². The third-order valence-electron chi connectivity index (χ3n) is 3.00. The Hall–Kier alpha value is -1.84. The molecule has 17 heavy (non-hydrogen) atoms. The van der Waals surface area contributed by atoms with E-state index in [1.54, 1.807) is 4.90 Å². The quantitative estimate of drug-likeness (QED) is 0.582. The molecule has 0 aromatic heterocycles. The number of carbonyl (C=O) groups is 2. The van der Waals surface area contributed by atoms with Gasteiger partial charge in [0.2, 0.25) is 5.91 Å². The number of benzene rings is 1. The Balaban J connectivity index is 1.95. The molecule has 1 fully saturated rings. The van der Waals surface area contributed by atoms with Gasteiger partial charge in [-0.05, 0) is 5.56 Å². The van der Waals surface area contributed by atoms with Crippen molar-refractivity contribution in [2.75, 3.05) is 7.11 Å². The fourth-order valence-corrected chi connectivity index (χ4v) is 1.98. The van der Waals surface area contributed by atoms with Gasteiger partial charge in [0, 0.05) is 13.0 Å². The molecule has 1 aliphatic rings.